The number of hydrogen-bond donors (Lipinski definition) is 0. The molecule has 6 nitrogen and oxygen atoms in total. The van der Waals surface area contributed by atoms with Gasteiger partial charge in [-0.25, -0.2) is 4.98 Å². The molecule has 0 N–H and O–H groups in total. The van der Waals surface area contributed by atoms with Gasteiger partial charge in [-0.2, -0.15) is 5.26 Å². The minimum absolute atomic E-state index is 0.0213. The first-order valence-corrected chi connectivity index (χ1v) is 8.06. The van der Waals surface area contributed by atoms with Crippen molar-refractivity contribution in [1.82, 2.24) is 14.9 Å². The van der Waals surface area contributed by atoms with Gasteiger partial charge in [0.1, 0.15) is 17.6 Å². The summed E-state index contributed by atoms with van der Waals surface area (Å²) in [5.41, 5.74) is 1.09. The van der Waals surface area contributed by atoms with Gasteiger partial charge in [0.2, 0.25) is 0 Å². The Hall–Kier alpha value is -2.94. The Labute approximate surface area is 140 Å². The number of aromatic nitrogens is 2. The molecule has 2 aromatic rings. The van der Waals surface area contributed by atoms with Crippen LogP contribution in [0.25, 0.3) is 0 Å². The Morgan fingerprint density at radius 3 is 2.46 bits per heavy atom. The maximum absolute atomic E-state index is 12.5. The third-order valence-electron chi connectivity index (χ3n) is 4.86. The fraction of sp³-hybridized carbons (Fsp3) is 0.333. The van der Waals surface area contributed by atoms with Crippen LogP contribution in [0.5, 0.6) is 0 Å². The third kappa shape index (κ3) is 2.58. The highest BCUT2D eigenvalue weighted by Gasteiger charge is 2.42. The van der Waals surface area contributed by atoms with E-state index in [0.29, 0.717) is 23.1 Å². The van der Waals surface area contributed by atoms with Crippen molar-refractivity contribution in [2.75, 3.05) is 31.1 Å². The van der Waals surface area contributed by atoms with Crippen molar-refractivity contribution in [3.05, 3.63) is 54.0 Å². The zero-order valence-electron chi connectivity index (χ0n) is 13.2. The standard InChI is InChI=1S/C18H17N5O/c19-7-13-4-5-17(21-8-13)22-9-14-11-23(12-15(14)10-22)18(24)16-3-1-2-6-20-16/h1-6,8,14-15H,9-12H2. The van der Waals surface area contributed by atoms with Gasteiger partial charge in [-0.1, -0.05) is 6.07 Å². The lowest BCUT2D eigenvalue weighted by atomic mass is 10.0. The largest absolute Gasteiger partial charge is 0.356 e. The minimum Gasteiger partial charge on any atom is -0.356 e. The van der Waals surface area contributed by atoms with Gasteiger partial charge in [0, 0.05) is 50.4 Å². The van der Waals surface area contributed by atoms with Crippen molar-refractivity contribution in [2.24, 2.45) is 11.8 Å². The van der Waals surface area contributed by atoms with Gasteiger partial charge in [-0.05, 0) is 24.3 Å². The van der Waals surface area contributed by atoms with Gasteiger partial charge < -0.3 is 9.80 Å². The predicted octanol–water partition coefficient (Wildman–Crippen LogP) is 1.56. The molecular weight excluding hydrogens is 302 g/mol. The van der Waals surface area contributed by atoms with Crippen molar-refractivity contribution >= 4 is 11.7 Å². The molecule has 0 spiro atoms. The Kier molecular flexibility index (Phi) is 3.62. The van der Waals surface area contributed by atoms with E-state index in [2.05, 4.69) is 20.9 Å². The second-order valence-corrected chi connectivity index (χ2v) is 6.37. The van der Waals surface area contributed by atoms with Gasteiger partial charge in [-0.3, -0.25) is 9.78 Å². The van der Waals surface area contributed by atoms with Crippen LogP contribution in [0.2, 0.25) is 0 Å². The molecule has 1 amide bonds. The first-order valence-electron chi connectivity index (χ1n) is 8.06. The predicted molar refractivity (Wildman–Crippen MR) is 88.3 cm³/mol. The van der Waals surface area contributed by atoms with Gasteiger partial charge >= 0.3 is 0 Å². The van der Waals surface area contributed by atoms with Crippen molar-refractivity contribution in [1.29, 1.82) is 5.26 Å². The zero-order chi connectivity index (χ0) is 16.5. The fourth-order valence-corrected chi connectivity index (χ4v) is 3.64. The smallest absolute Gasteiger partial charge is 0.272 e. The summed E-state index contributed by atoms with van der Waals surface area (Å²) in [7, 11) is 0. The molecule has 0 saturated carbocycles. The maximum atomic E-state index is 12.5. The molecule has 2 atom stereocenters. The Bertz CT molecular complexity index is 769. The van der Waals surface area contributed by atoms with E-state index >= 15 is 0 Å². The van der Waals surface area contributed by atoms with E-state index < -0.39 is 0 Å². The van der Waals surface area contributed by atoms with Crippen molar-refractivity contribution in [3.63, 3.8) is 0 Å². The number of carbonyl (C=O) groups is 1. The molecule has 0 radical (unpaired) electrons. The zero-order valence-corrected chi connectivity index (χ0v) is 13.2. The molecule has 6 heteroatoms. The highest BCUT2D eigenvalue weighted by atomic mass is 16.2. The first-order chi connectivity index (χ1) is 11.7. The van der Waals surface area contributed by atoms with Gasteiger partial charge in [-0.15, -0.1) is 0 Å². The number of pyridine rings is 2. The van der Waals surface area contributed by atoms with Crippen LogP contribution >= 0.6 is 0 Å². The summed E-state index contributed by atoms with van der Waals surface area (Å²) in [6.07, 6.45) is 3.27. The lowest BCUT2D eigenvalue weighted by Gasteiger charge is -2.22. The molecule has 0 aliphatic carbocycles. The van der Waals surface area contributed by atoms with E-state index in [4.69, 9.17) is 5.26 Å². The highest BCUT2D eigenvalue weighted by molar-refractivity contribution is 5.92. The summed E-state index contributed by atoms with van der Waals surface area (Å²) in [5.74, 6) is 1.87. The van der Waals surface area contributed by atoms with Crippen LogP contribution in [-0.4, -0.2) is 47.0 Å². The van der Waals surface area contributed by atoms with E-state index in [0.717, 1.165) is 32.0 Å². The Balaban J connectivity index is 1.41. The van der Waals surface area contributed by atoms with E-state index in [-0.39, 0.29) is 5.91 Å². The average molecular weight is 319 g/mol. The molecule has 24 heavy (non-hydrogen) atoms. The Morgan fingerprint density at radius 1 is 1.08 bits per heavy atom. The molecule has 120 valence electrons. The van der Waals surface area contributed by atoms with E-state index in [1.165, 1.54) is 0 Å². The molecule has 4 heterocycles. The van der Waals surface area contributed by atoms with Gasteiger partial charge in [0.25, 0.3) is 5.91 Å². The molecular formula is C18H17N5O. The van der Waals surface area contributed by atoms with E-state index in [9.17, 15) is 4.79 Å². The summed E-state index contributed by atoms with van der Waals surface area (Å²) in [6.45, 7) is 3.34. The normalized spacial score (nSPS) is 22.3. The monoisotopic (exact) mass is 319 g/mol. The number of fused-ring (bicyclic) bond motifs is 1. The quantitative estimate of drug-likeness (QED) is 0.840. The second-order valence-electron chi connectivity index (χ2n) is 6.37. The second kappa shape index (κ2) is 5.93. The number of carbonyl (C=O) groups excluding carboxylic acids is 1. The number of nitrogens with zero attached hydrogens (tertiary/aromatic N) is 5. The van der Waals surface area contributed by atoms with Gasteiger partial charge in [0.05, 0.1) is 5.56 Å². The molecule has 2 unspecified atom stereocenters. The first kappa shape index (κ1) is 14.6. The highest BCUT2D eigenvalue weighted by Crippen LogP contribution is 2.33. The van der Waals surface area contributed by atoms with Crippen LogP contribution in [0.3, 0.4) is 0 Å². The lowest BCUT2D eigenvalue weighted by molar-refractivity contribution is 0.0777. The van der Waals surface area contributed by atoms with Crippen LogP contribution < -0.4 is 4.90 Å². The molecule has 2 fully saturated rings. The summed E-state index contributed by atoms with van der Waals surface area (Å²) >= 11 is 0. The number of rotatable bonds is 2. The van der Waals surface area contributed by atoms with E-state index in [1.807, 2.05) is 23.1 Å². The Morgan fingerprint density at radius 2 is 1.88 bits per heavy atom. The number of amides is 1. The topological polar surface area (TPSA) is 73.1 Å². The van der Waals surface area contributed by atoms with Crippen LogP contribution in [-0.2, 0) is 0 Å². The molecule has 4 rings (SSSR count). The molecule has 2 saturated heterocycles. The number of nitriles is 1. The molecule has 2 aliphatic heterocycles. The summed E-state index contributed by atoms with van der Waals surface area (Å²) in [5, 5.41) is 8.85. The van der Waals surface area contributed by atoms with Crippen molar-refractivity contribution < 1.29 is 4.79 Å². The number of anilines is 1. The van der Waals surface area contributed by atoms with Gasteiger partial charge in [0.15, 0.2) is 0 Å². The third-order valence-corrected chi connectivity index (χ3v) is 4.86. The van der Waals surface area contributed by atoms with Crippen molar-refractivity contribution in [2.45, 2.75) is 0 Å². The molecule has 2 aliphatic rings. The molecule has 2 aromatic heterocycles. The SMILES string of the molecule is N#Cc1ccc(N2CC3CN(C(=O)c4ccccn4)CC3C2)nc1. The van der Waals surface area contributed by atoms with Crippen LogP contribution in [0.15, 0.2) is 42.7 Å². The summed E-state index contributed by atoms with van der Waals surface area (Å²) in [6, 6.07) is 11.2. The van der Waals surface area contributed by atoms with Crippen LogP contribution in [0, 0.1) is 23.2 Å². The summed E-state index contributed by atoms with van der Waals surface area (Å²) < 4.78 is 0. The number of likely N-dealkylation sites (tertiary alicyclic amines) is 1. The molecule has 0 bridgehead atoms. The summed E-state index contributed by atoms with van der Waals surface area (Å²) in [4.78, 5) is 25.2. The van der Waals surface area contributed by atoms with Crippen LogP contribution in [0.4, 0.5) is 5.82 Å². The number of hydrogen-bond acceptors (Lipinski definition) is 5. The molecule has 0 aromatic carbocycles. The average Bonchev–Trinajstić information content (AvgIpc) is 3.21. The maximum Gasteiger partial charge on any atom is 0.272 e. The fourth-order valence-electron chi connectivity index (χ4n) is 3.64. The van der Waals surface area contributed by atoms with Crippen molar-refractivity contribution in [3.8, 4) is 6.07 Å². The van der Waals surface area contributed by atoms with Crippen LogP contribution in [0.1, 0.15) is 16.1 Å². The minimum atomic E-state index is 0.0213. The lowest BCUT2D eigenvalue weighted by Crippen LogP contribution is -2.33. The van der Waals surface area contributed by atoms with E-state index in [1.54, 1.807) is 24.5 Å².